The lowest BCUT2D eigenvalue weighted by Gasteiger charge is -2.13. The maximum Gasteiger partial charge on any atom is 0.242 e. The molecular weight excluding hydrogens is 398 g/mol. The van der Waals surface area contributed by atoms with Crippen molar-refractivity contribution in [1.29, 1.82) is 0 Å². The fourth-order valence-electron chi connectivity index (χ4n) is 2.57. The van der Waals surface area contributed by atoms with E-state index in [2.05, 4.69) is 16.9 Å². The van der Waals surface area contributed by atoms with Crippen LogP contribution in [-0.2, 0) is 9.59 Å². The van der Waals surface area contributed by atoms with Gasteiger partial charge >= 0.3 is 0 Å². The fraction of sp³-hybridized carbons (Fsp3) is 0.150. The van der Waals surface area contributed by atoms with Crippen LogP contribution < -0.4 is 5.32 Å². The third-order valence-electron chi connectivity index (χ3n) is 3.90. The second-order valence-corrected chi connectivity index (χ2v) is 7.62. The highest BCUT2D eigenvalue weighted by Crippen LogP contribution is 2.32. The van der Waals surface area contributed by atoms with Crippen molar-refractivity contribution in [2.75, 3.05) is 11.9 Å². The molecule has 1 heterocycles. The highest BCUT2D eigenvalue weighted by atomic mass is 35.5. The summed E-state index contributed by atoms with van der Waals surface area (Å²) in [5, 5.41) is 12.7. The normalized spacial score (nSPS) is 17.8. The average Bonchev–Trinajstić information content (AvgIpc) is 2.94. The number of hydrogen-bond donors (Lipinski definition) is 2. The number of nitrogens with zero attached hydrogens (tertiary/aromatic N) is 2. The van der Waals surface area contributed by atoms with Gasteiger partial charge in [0, 0.05) is 23.7 Å². The first-order valence-electron chi connectivity index (χ1n) is 8.48. The van der Waals surface area contributed by atoms with Gasteiger partial charge in [0.05, 0.1) is 5.69 Å². The van der Waals surface area contributed by atoms with Gasteiger partial charge in [0.25, 0.3) is 0 Å². The van der Waals surface area contributed by atoms with Crippen LogP contribution in [0.15, 0.2) is 66.2 Å². The summed E-state index contributed by atoms with van der Waals surface area (Å²) in [6.45, 7) is 3.98. The quantitative estimate of drug-likeness (QED) is 0.693. The summed E-state index contributed by atoms with van der Waals surface area (Å²) in [4.78, 5) is 31.1. The van der Waals surface area contributed by atoms with Gasteiger partial charge in [0.1, 0.15) is 11.0 Å². The summed E-state index contributed by atoms with van der Waals surface area (Å²) in [5.74, 6) is -0.315. The van der Waals surface area contributed by atoms with Crippen molar-refractivity contribution in [2.45, 2.75) is 11.7 Å². The van der Waals surface area contributed by atoms with Crippen molar-refractivity contribution in [2.24, 2.45) is 4.99 Å². The van der Waals surface area contributed by atoms with E-state index in [0.717, 1.165) is 0 Å². The van der Waals surface area contributed by atoms with Gasteiger partial charge in [-0.2, -0.15) is 0 Å². The Labute approximate surface area is 171 Å². The van der Waals surface area contributed by atoms with Crippen LogP contribution in [0.3, 0.4) is 0 Å². The van der Waals surface area contributed by atoms with Gasteiger partial charge < -0.3 is 10.4 Å². The molecule has 0 unspecified atom stereocenters. The maximum atomic E-state index is 12.7. The zero-order valence-corrected chi connectivity index (χ0v) is 16.4. The molecule has 0 saturated carbocycles. The van der Waals surface area contributed by atoms with Crippen molar-refractivity contribution in [1.82, 2.24) is 4.90 Å². The van der Waals surface area contributed by atoms with Crippen LogP contribution in [0.2, 0.25) is 5.02 Å². The molecule has 2 N–H and O–H groups in total. The van der Waals surface area contributed by atoms with Crippen molar-refractivity contribution < 1.29 is 14.7 Å². The molecule has 0 aliphatic carbocycles. The number of carbonyl (C=O) groups excluding carboxylic acids is 2. The number of phenolic OH excluding ortho intramolecular Hbond substituents is 1. The van der Waals surface area contributed by atoms with E-state index in [9.17, 15) is 14.7 Å². The second kappa shape index (κ2) is 8.95. The van der Waals surface area contributed by atoms with E-state index in [4.69, 9.17) is 11.6 Å². The average molecular weight is 416 g/mol. The number of nitrogens with one attached hydrogen (secondary N) is 1. The summed E-state index contributed by atoms with van der Waals surface area (Å²) in [6, 6.07) is 13.1. The molecule has 6 nitrogen and oxygen atoms in total. The van der Waals surface area contributed by atoms with Crippen LogP contribution in [0, 0.1) is 0 Å². The molecule has 0 aromatic heterocycles. The van der Waals surface area contributed by atoms with E-state index in [1.54, 1.807) is 42.5 Å². The number of benzene rings is 2. The highest BCUT2D eigenvalue weighted by molar-refractivity contribution is 8.15. The topological polar surface area (TPSA) is 82.0 Å². The van der Waals surface area contributed by atoms with Gasteiger partial charge in [-0.1, -0.05) is 29.4 Å². The molecule has 2 amide bonds. The minimum absolute atomic E-state index is 0.0222. The van der Waals surface area contributed by atoms with Crippen molar-refractivity contribution >= 4 is 51.7 Å². The third kappa shape index (κ3) is 4.94. The van der Waals surface area contributed by atoms with E-state index in [1.807, 2.05) is 0 Å². The van der Waals surface area contributed by atoms with Gasteiger partial charge in [-0.05, 0) is 48.5 Å². The Kier molecular flexibility index (Phi) is 6.38. The van der Waals surface area contributed by atoms with Crippen molar-refractivity contribution in [3.8, 4) is 5.75 Å². The molecule has 144 valence electrons. The Morgan fingerprint density at radius 2 is 1.93 bits per heavy atom. The van der Waals surface area contributed by atoms with Crippen LogP contribution >= 0.6 is 23.4 Å². The molecule has 0 spiro atoms. The summed E-state index contributed by atoms with van der Waals surface area (Å²) >= 11 is 7.08. The zero-order chi connectivity index (χ0) is 20.1. The molecule has 1 aliphatic rings. The van der Waals surface area contributed by atoms with Gasteiger partial charge in [0.15, 0.2) is 5.17 Å². The van der Waals surface area contributed by atoms with E-state index in [1.165, 1.54) is 28.8 Å². The van der Waals surface area contributed by atoms with Crippen LogP contribution in [0.1, 0.15) is 6.42 Å². The Bertz CT molecular complexity index is 913. The lowest BCUT2D eigenvalue weighted by molar-refractivity contribution is -0.127. The first kappa shape index (κ1) is 20.0. The number of aliphatic imine (C=N–C) groups is 1. The number of phenols is 1. The van der Waals surface area contributed by atoms with Gasteiger partial charge in [-0.25, -0.2) is 4.99 Å². The lowest BCUT2D eigenvalue weighted by atomic mass is 10.2. The Hall–Kier alpha value is -2.77. The first-order valence-corrected chi connectivity index (χ1v) is 9.74. The number of aromatic hydroxyl groups is 1. The third-order valence-corrected chi connectivity index (χ3v) is 5.33. The predicted molar refractivity (Wildman–Crippen MR) is 113 cm³/mol. The molecular formula is C20H18ClN3O3S. The SMILES string of the molecule is C=CCN1C(=O)[C@H](CC(=O)Nc2ccc(Cl)cc2)SC1=Nc1ccc(O)cc1. The van der Waals surface area contributed by atoms with Gasteiger partial charge in [-0.3, -0.25) is 14.5 Å². The largest absolute Gasteiger partial charge is 0.508 e. The minimum Gasteiger partial charge on any atom is -0.508 e. The molecule has 1 fully saturated rings. The van der Waals surface area contributed by atoms with Gasteiger partial charge in [-0.15, -0.1) is 6.58 Å². The number of thioether (sulfide) groups is 1. The monoisotopic (exact) mass is 415 g/mol. The van der Waals surface area contributed by atoms with E-state index < -0.39 is 5.25 Å². The Balaban J connectivity index is 1.72. The van der Waals surface area contributed by atoms with E-state index in [0.29, 0.717) is 28.1 Å². The standard InChI is InChI=1S/C20H18ClN3O3S/c1-2-11-24-19(27)17(12-18(26)22-14-5-3-13(21)4-6-14)28-20(24)23-15-7-9-16(25)10-8-15/h2-10,17,25H,1,11-12H2,(H,22,26)/t17-/m0/s1. The fourth-order valence-corrected chi connectivity index (χ4v) is 3.87. The summed E-state index contributed by atoms with van der Waals surface area (Å²) < 4.78 is 0. The second-order valence-electron chi connectivity index (χ2n) is 6.01. The van der Waals surface area contributed by atoms with Crippen LogP contribution in [0.5, 0.6) is 5.75 Å². The summed E-state index contributed by atoms with van der Waals surface area (Å²) in [6.07, 6.45) is 1.63. The molecule has 2 aromatic carbocycles. The molecule has 28 heavy (non-hydrogen) atoms. The highest BCUT2D eigenvalue weighted by Gasteiger charge is 2.38. The smallest absolute Gasteiger partial charge is 0.242 e. The molecule has 1 saturated heterocycles. The Morgan fingerprint density at radius 3 is 2.57 bits per heavy atom. The number of amidine groups is 1. The Morgan fingerprint density at radius 1 is 1.25 bits per heavy atom. The molecule has 2 aromatic rings. The molecule has 0 bridgehead atoms. The molecule has 0 radical (unpaired) electrons. The maximum absolute atomic E-state index is 12.7. The van der Waals surface area contributed by atoms with E-state index in [-0.39, 0.29) is 24.0 Å². The molecule has 3 rings (SSSR count). The number of carbonyl (C=O) groups is 2. The number of amides is 2. The van der Waals surface area contributed by atoms with Crippen molar-refractivity contribution in [3.05, 3.63) is 66.2 Å². The molecule has 1 atom stereocenters. The number of halogens is 1. The van der Waals surface area contributed by atoms with Crippen LogP contribution in [0.4, 0.5) is 11.4 Å². The van der Waals surface area contributed by atoms with Crippen LogP contribution in [-0.4, -0.2) is 38.8 Å². The number of hydrogen-bond acceptors (Lipinski definition) is 5. The van der Waals surface area contributed by atoms with Crippen molar-refractivity contribution in [3.63, 3.8) is 0 Å². The lowest BCUT2D eigenvalue weighted by Crippen LogP contribution is -2.33. The molecule has 1 aliphatic heterocycles. The summed E-state index contributed by atoms with van der Waals surface area (Å²) in [5.41, 5.74) is 1.22. The van der Waals surface area contributed by atoms with Gasteiger partial charge in [0.2, 0.25) is 11.8 Å². The number of anilines is 1. The predicted octanol–water partition coefficient (Wildman–Crippen LogP) is 4.19. The van der Waals surface area contributed by atoms with Crippen LogP contribution in [0.25, 0.3) is 0 Å². The molecule has 8 heteroatoms. The summed E-state index contributed by atoms with van der Waals surface area (Å²) in [7, 11) is 0. The first-order chi connectivity index (χ1) is 13.5. The van der Waals surface area contributed by atoms with E-state index >= 15 is 0 Å². The minimum atomic E-state index is -0.567. The number of rotatable bonds is 6. The zero-order valence-electron chi connectivity index (χ0n) is 14.8.